The Hall–Kier alpha value is -2.07. The van der Waals surface area contributed by atoms with Gasteiger partial charge in [-0.2, -0.15) is 5.10 Å². The Morgan fingerprint density at radius 1 is 1.13 bits per heavy atom. The second-order valence-electron chi connectivity index (χ2n) is 6.09. The average Bonchev–Trinajstić information content (AvgIpc) is 3.14. The van der Waals surface area contributed by atoms with Gasteiger partial charge < -0.3 is 0 Å². The van der Waals surface area contributed by atoms with E-state index in [1.807, 2.05) is 6.21 Å². The van der Waals surface area contributed by atoms with Crippen molar-refractivity contribution in [3.05, 3.63) is 64.7 Å². The van der Waals surface area contributed by atoms with Gasteiger partial charge in [-0.25, -0.2) is 0 Å². The zero-order valence-corrected chi connectivity index (χ0v) is 14.2. The lowest BCUT2D eigenvalue weighted by molar-refractivity contribution is 0.673. The zero-order chi connectivity index (χ0) is 15.9. The van der Waals surface area contributed by atoms with Gasteiger partial charge in [-0.15, -0.1) is 0 Å². The van der Waals surface area contributed by atoms with Crippen LogP contribution >= 0.6 is 11.8 Å². The summed E-state index contributed by atoms with van der Waals surface area (Å²) < 4.78 is 0. The minimum atomic E-state index is -0.347. The molecule has 0 fully saturated rings. The molecule has 2 aromatic rings. The molecule has 1 spiro atoms. The molecule has 1 atom stereocenters. The van der Waals surface area contributed by atoms with Crippen molar-refractivity contribution in [2.24, 2.45) is 10.1 Å². The van der Waals surface area contributed by atoms with Crippen LogP contribution in [0.5, 0.6) is 0 Å². The van der Waals surface area contributed by atoms with Gasteiger partial charge in [-0.1, -0.05) is 67.1 Å². The van der Waals surface area contributed by atoms with Crippen molar-refractivity contribution in [1.82, 2.24) is 5.43 Å². The van der Waals surface area contributed by atoms with Crippen molar-refractivity contribution in [2.45, 2.75) is 31.6 Å². The van der Waals surface area contributed by atoms with E-state index in [4.69, 9.17) is 0 Å². The van der Waals surface area contributed by atoms with Gasteiger partial charge in [0, 0.05) is 17.3 Å². The van der Waals surface area contributed by atoms with Crippen molar-refractivity contribution < 1.29 is 0 Å². The highest BCUT2D eigenvalue weighted by molar-refractivity contribution is 8.16. The van der Waals surface area contributed by atoms with E-state index in [9.17, 15) is 0 Å². The first kappa shape index (κ1) is 14.5. The number of aliphatic imine (C=N–C) groups is 1. The summed E-state index contributed by atoms with van der Waals surface area (Å²) in [5.74, 6) is 0. The fourth-order valence-electron chi connectivity index (χ4n) is 2.99. The molecule has 2 aromatic carbocycles. The summed E-state index contributed by atoms with van der Waals surface area (Å²) in [7, 11) is 0. The van der Waals surface area contributed by atoms with Crippen LogP contribution in [0.2, 0.25) is 0 Å². The Balaban J connectivity index is 1.62. The summed E-state index contributed by atoms with van der Waals surface area (Å²) in [6.45, 7) is 4.30. The molecule has 0 aromatic heterocycles. The summed E-state index contributed by atoms with van der Waals surface area (Å²) in [4.78, 5) is 4.29. The maximum atomic E-state index is 4.64. The maximum Gasteiger partial charge on any atom is 0.168 e. The number of aryl methyl sites for hydroxylation is 2. The van der Waals surface area contributed by atoms with Crippen LogP contribution in [-0.2, 0) is 11.3 Å². The largest absolute Gasteiger partial charge is 0.283 e. The molecule has 2 heterocycles. The minimum Gasteiger partial charge on any atom is -0.283 e. The molecule has 23 heavy (non-hydrogen) atoms. The molecule has 2 aliphatic rings. The number of rotatable bonds is 3. The van der Waals surface area contributed by atoms with Gasteiger partial charge in [-0.05, 0) is 25.0 Å². The number of hydrogen-bond donors (Lipinski definition) is 1. The van der Waals surface area contributed by atoms with E-state index < -0.39 is 0 Å². The van der Waals surface area contributed by atoms with Gasteiger partial charge in [-0.3, -0.25) is 10.4 Å². The topological polar surface area (TPSA) is 36.8 Å². The predicted molar refractivity (Wildman–Crippen MR) is 98.7 cm³/mol. The van der Waals surface area contributed by atoms with Gasteiger partial charge >= 0.3 is 0 Å². The van der Waals surface area contributed by atoms with Crippen molar-refractivity contribution >= 4 is 28.7 Å². The lowest BCUT2D eigenvalue weighted by Gasteiger charge is -2.20. The second kappa shape index (κ2) is 5.53. The van der Waals surface area contributed by atoms with Crippen LogP contribution in [-0.4, -0.2) is 11.3 Å². The normalized spacial score (nSPS) is 21.4. The van der Waals surface area contributed by atoms with E-state index in [-0.39, 0.29) is 4.87 Å². The monoisotopic (exact) mass is 321 g/mol. The molecule has 2 aliphatic heterocycles. The summed E-state index contributed by atoms with van der Waals surface area (Å²) in [6.07, 6.45) is 4.24. The van der Waals surface area contributed by atoms with E-state index in [1.165, 1.54) is 16.7 Å². The van der Waals surface area contributed by atoms with Crippen molar-refractivity contribution in [1.29, 1.82) is 0 Å². The maximum absolute atomic E-state index is 4.64. The second-order valence-corrected chi connectivity index (χ2v) is 7.33. The standard InChI is InChI=1S/C19H19N3S/c1-3-4-14-7-10-16-17(11-14)20-12-19(16)22-21-18(23-19)15-8-5-13(2)6-9-15/h5-12,22H,3-4H2,1-2H3. The lowest BCUT2D eigenvalue weighted by atomic mass is 10.0. The molecule has 116 valence electrons. The molecule has 0 aliphatic carbocycles. The van der Waals surface area contributed by atoms with Crippen molar-refractivity contribution in [2.75, 3.05) is 0 Å². The van der Waals surface area contributed by atoms with Crippen LogP contribution in [0, 0.1) is 6.92 Å². The first-order valence-electron chi connectivity index (χ1n) is 8.00. The van der Waals surface area contributed by atoms with Gasteiger partial charge in [0.25, 0.3) is 0 Å². The number of hydrogen-bond acceptors (Lipinski definition) is 4. The number of thioether (sulfide) groups is 1. The van der Waals surface area contributed by atoms with Crippen LogP contribution in [0.15, 0.2) is 52.6 Å². The van der Waals surface area contributed by atoms with Crippen LogP contribution in [0.1, 0.15) is 35.6 Å². The molecule has 1 unspecified atom stereocenters. The molecule has 0 amide bonds. The first-order valence-corrected chi connectivity index (χ1v) is 8.81. The molecule has 3 nitrogen and oxygen atoms in total. The van der Waals surface area contributed by atoms with Gasteiger partial charge in [0.2, 0.25) is 0 Å². The quantitative estimate of drug-likeness (QED) is 0.902. The lowest BCUT2D eigenvalue weighted by Crippen LogP contribution is -2.32. The van der Waals surface area contributed by atoms with E-state index in [1.54, 1.807) is 11.8 Å². The minimum absolute atomic E-state index is 0.347. The fraction of sp³-hybridized carbons (Fsp3) is 0.263. The van der Waals surface area contributed by atoms with Gasteiger partial charge in [0.05, 0.1) is 5.69 Å². The van der Waals surface area contributed by atoms with E-state index in [0.717, 1.165) is 29.1 Å². The molecular formula is C19H19N3S. The predicted octanol–water partition coefficient (Wildman–Crippen LogP) is 4.51. The molecule has 0 radical (unpaired) electrons. The number of nitrogens with zero attached hydrogens (tertiary/aromatic N) is 2. The SMILES string of the molecule is CCCc1ccc2c(c1)N=CC21NN=C(c2ccc(C)cc2)S1. The molecular weight excluding hydrogens is 302 g/mol. The third-order valence-corrected chi connectivity index (χ3v) is 5.53. The van der Waals surface area contributed by atoms with Crippen molar-refractivity contribution in [3.8, 4) is 0 Å². The highest BCUT2D eigenvalue weighted by Crippen LogP contribution is 2.47. The smallest absolute Gasteiger partial charge is 0.168 e. The number of nitrogens with one attached hydrogen (secondary N) is 1. The molecule has 4 rings (SSSR count). The Kier molecular flexibility index (Phi) is 3.49. The van der Waals surface area contributed by atoms with E-state index in [2.05, 4.69) is 71.8 Å². The highest BCUT2D eigenvalue weighted by atomic mass is 32.2. The molecule has 4 heteroatoms. The van der Waals surface area contributed by atoms with Crippen molar-refractivity contribution in [3.63, 3.8) is 0 Å². The third-order valence-electron chi connectivity index (χ3n) is 4.27. The molecule has 0 bridgehead atoms. The van der Waals surface area contributed by atoms with Crippen LogP contribution in [0.25, 0.3) is 0 Å². The fourth-order valence-corrected chi connectivity index (χ4v) is 4.12. The van der Waals surface area contributed by atoms with Crippen LogP contribution in [0.4, 0.5) is 5.69 Å². The Labute approximate surface area is 140 Å². The summed E-state index contributed by atoms with van der Waals surface area (Å²) in [5.41, 5.74) is 9.33. The Morgan fingerprint density at radius 3 is 2.74 bits per heavy atom. The zero-order valence-electron chi connectivity index (χ0n) is 13.3. The van der Waals surface area contributed by atoms with Gasteiger partial charge in [0.15, 0.2) is 4.87 Å². The van der Waals surface area contributed by atoms with Gasteiger partial charge in [0.1, 0.15) is 5.04 Å². The van der Waals surface area contributed by atoms with E-state index >= 15 is 0 Å². The number of fused-ring (bicyclic) bond motifs is 2. The molecule has 0 saturated heterocycles. The summed E-state index contributed by atoms with van der Waals surface area (Å²) in [6, 6.07) is 15.1. The highest BCUT2D eigenvalue weighted by Gasteiger charge is 2.42. The number of hydrazone groups is 1. The summed E-state index contributed by atoms with van der Waals surface area (Å²) in [5, 5.41) is 5.58. The molecule has 0 saturated carbocycles. The van der Waals surface area contributed by atoms with Crippen LogP contribution in [0.3, 0.4) is 0 Å². The molecule has 1 N–H and O–H groups in total. The first-order chi connectivity index (χ1) is 11.2. The van der Waals surface area contributed by atoms with E-state index in [0.29, 0.717) is 0 Å². The third kappa shape index (κ3) is 2.47. The average molecular weight is 321 g/mol. The Bertz CT molecular complexity index is 808. The Morgan fingerprint density at radius 2 is 1.96 bits per heavy atom. The number of benzene rings is 2. The summed E-state index contributed by atoms with van der Waals surface area (Å²) >= 11 is 1.73. The van der Waals surface area contributed by atoms with Crippen LogP contribution < -0.4 is 5.43 Å².